The number of carbonyl (C=O) groups is 1. The highest BCUT2D eigenvalue weighted by molar-refractivity contribution is 5.68. The van der Waals surface area contributed by atoms with E-state index in [4.69, 9.17) is 0 Å². The Hall–Kier alpha value is -1.05. The van der Waals surface area contributed by atoms with Gasteiger partial charge in [-0.2, -0.15) is 0 Å². The summed E-state index contributed by atoms with van der Waals surface area (Å²) < 4.78 is 4.63. The average Bonchev–Trinajstić information content (AvgIpc) is 2.57. The van der Waals surface area contributed by atoms with Crippen molar-refractivity contribution in [1.82, 2.24) is 0 Å². The number of unbranched alkanes of at least 4 members (excludes halogenated alkanes) is 10. The lowest BCUT2D eigenvalue weighted by Gasteiger charge is -2.00. The number of hydrogen-bond donors (Lipinski definition) is 0. The van der Waals surface area contributed by atoms with Crippen LogP contribution in [-0.2, 0) is 9.53 Å². The van der Waals surface area contributed by atoms with E-state index in [9.17, 15) is 4.79 Å². The van der Waals surface area contributed by atoms with Gasteiger partial charge in [0.15, 0.2) is 0 Å². The summed E-state index contributed by atoms with van der Waals surface area (Å²) in [6.45, 7) is 2.26. The number of carbonyl (C=O) groups excluding carboxylic acids is 1. The highest BCUT2D eigenvalue weighted by atomic mass is 16.5. The smallest absolute Gasteiger partial charge is 0.305 e. The monoisotopic (exact) mass is 322 g/mol. The molecule has 2 nitrogen and oxygen atoms in total. The Morgan fingerprint density at radius 1 is 0.739 bits per heavy atom. The predicted molar refractivity (Wildman–Crippen MR) is 101 cm³/mol. The first kappa shape index (κ1) is 21.9. The summed E-state index contributed by atoms with van der Waals surface area (Å²) in [5.41, 5.74) is 0. The Kier molecular flexibility index (Phi) is 18.1. The van der Waals surface area contributed by atoms with Gasteiger partial charge in [0.25, 0.3) is 0 Å². The van der Waals surface area contributed by atoms with Crippen molar-refractivity contribution in [2.24, 2.45) is 0 Å². The van der Waals surface area contributed by atoms with Crippen molar-refractivity contribution >= 4 is 5.97 Å². The van der Waals surface area contributed by atoms with Crippen LogP contribution in [0.4, 0.5) is 0 Å². The van der Waals surface area contributed by atoms with E-state index in [1.807, 2.05) is 0 Å². The first-order valence-corrected chi connectivity index (χ1v) is 9.68. The third kappa shape index (κ3) is 18.9. The summed E-state index contributed by atoms with van der Waals surface area (Å²) in [5, 5.41) is 0. The van der Waals surface area contributed by atoms with Crippen LogP contribution in [0.15, 0.2) is 24.3 Å². The van der Waals surface area contributed by atoms with E-state index in [1.165, 1.54) is 71.3 Å². The van der Waals surface area contributed by atoms with Crippen LogP contribution >= 0.6 is 0 Å². The predicted octanol–water partition coefficient (Wildman–Crippen LogP) is 6.75. The van der Waals surface area contributed by atoms with Crippen LogP contribution in [0.5, 0.6) is 0 Å². The van der Waals surface area contributed by atoms with E-state index in [0.29, 0.717) is 6.42 Å². The molecule has 134 valence electrons. The number of esters is 1. The van der Waals surface area contributed by atoms with Crippen molar-refractivity contribution in [3.05, 3.63) is 24.3 Å². The van der Waals surface area contributed by atoms with Gasteiger partial charge < -0.3 is 4.74 Å². The quantitative estimate of drug-likeness (QED) is 0.178. The molecule has 0 N–H and O–H groups in total. The molecule has 0 heterocycles. The molecule has 0 fully saturated rings. The Morgan fingerprint density at radius 2 is 1.26 bits per heavy atom. The van der Waals surface area contributed by atoms with Crippen LogP contribution in [0.2, 0.25) is 0 Å². The summed E-state index contributed by atoms with van der Waals surface area (Å²) in [5.74, 6) is -0.0786. The minimum atomic E-state index is -0.0786. The van der Waals surface area contributed by atoms with Crippen molar-refractivity contribution in [2.45, 2.75) is 96.8 Å². The van der Waals surface area contributed by atoms with Gasteiger partial charge in [-0.1, -0.05) is 76.2 Å². The van der Waals surface area contributed by atoms with Crippen LogP contribution in [0.3, 0.4) is 0 Å². The van der Waals surface area contributed by atoms with Gasteiger partial charge in [-0.3, -0.25) is 4.79 Å². The van der Waals surface area contributed by atoms with Crippen LogP contribution in [-0.4, -0.2) is 13.1 Å². The minimum absolute atomic E-state index is 0.0786. The number of methoxy groups -OCH3 is 1. The zero-order valence-electron chi connectivity index (χ0n) is 15.5. The fourth-order valence-corrected chi connectivity index (χ4v) is 2.54. The number of ether oxygens (including phenoxy) is 1. The van der Waals surface area contributed by atoms with E-state index < -0.39 is 0 Å². The molecule has 0 saturated carbocycles. The fourth-order valence-electron chi connectivity index (χ4n) is 2.54. The molecule has 0 saturated heterocycles. The fraction of sp³-hybridized carbons (Fsp3) is 0.762. The molecule has 0 rings (SSSR count). The second kappa shape index (κ2) is 19.0. The van der Waals surface area contributed by atoms with Gasteiger partial charge in [0.05, 0.1) is 7.11 Å². The lowest BCUT2D eigenvalue weighted by Crippen LogP contribution is -1.99. The Bertz CT molecular complexity index is 305. The zero-order valence-corrected chi connectivity index (χ0v) is 15.5. The molecular formula is C21H38O2. The number of allylic oxidation sites excluding steroid dienone is 4. The van der Waals surface area contributed by atoms with Gasteiger partial charge in [-0.15, -0.1) is 0 Å². The molecule has 0 aliphatic heterocycles. The highest BCUT2D eigenvalue weighted by Crippen LogP contribution is 2.09. The molecule has 0 bridgehead atoms. The third-order valence-electron chi connectivity index (χ3n) is 4.06. The first-order chi connectivity index (χ1) is 11.3. The van der Waals surface area contributed by atoms with Gasteiger partial charge >= 0.3 is 5.97 Å². The van der Waals surface area contributed by atoms with E-state index in [1.54, 1.807) is 0 Å². The lowest BCUT2D eigenvalue weighted by atomic mass is 10.1. The van der Waals surface area contributed by atoms with Crippen molar-refractivity contribution < 1.29 is 9.53 Å². The minimum Gasteiger partial charge on any atom is -0.469 e. The number of rotatable bonds is 16. The van der Waals surface area contributed by atoms with Crippen LogP contribution in [0, 0.1) is 0 Å². The summed E-state index contributed by atoms with van der Waals surface area (Å²) in [4.78, 5) is 10.9. The first-order valence-electron chi connectivity index (χ1n) is 9.68. The highest BCUT2D eigenvalue weighted by Gasteiger charge is 1.98. The molecule has 0 aromatic rings. The summed E-state index contributed by atoms with van der Waals surface area (Å²) in [7, 11) is 1.46. The molecule has 0 aromatic carbocycles. The summed E-state index contributed by atoms with van der Waals surface area (Å²) in [6, 6.07) is 0. The maximum Gasteiger partial charge on any atom is 0.305 e. The van der Waals surface area contributed by atoms with Crippen molar-refractivity contribution in [3.63, 3.8) is 0 Å². The molecule has 0 spiro atoms. The Labute approximate surface area is 144 Å². The van der Waals surface area contributed by atoms with Gasteiger partial charge in [0.1, 0.15) is 0 Å². The second-order valence-electron chi connectivity index (χ2n) is 6.26. The molecule has 0 atom stereocenters. The van der Waals surface area contributed by atoms with Gasteiger partial charge in [-0.05, 0) is 38.5 Å². The van der Waals surface area contributed by atoms with Crippen molar-refractivity contribution in [1.29, 1.82) is 0 Å². The molecule has 0 aromatic heterocycles. The molecular weight excluding hydrogens is 284 g/mol. The summed E-state index contributed by atoms with van der Waals surface area (Å²) >= 11 is 0. The lowest BCUT2D eigenvalue weighted by molar-refractivity contribution is -0.140. The molecule has 0 aliphatic carbocycles. The maximum atomic E-state index is 10.9. The van der Waals surface area contributed by atoms with Crippen molar-refractivity contribution in [3.8, 4) is 0 Å². The molecule has 0 radical (unpaired) electrons. The van der Waals surface area contributed by atoms with E-state index >= 15 is 0 Å². The standard InChI is InChI=1S/C21H38O2/c1-3-4-5-6-7-8-9-10-11-12-13-14-15-16-17-18-19-20-21(22)23-2/h8-9,11-12H,3-7,10,13-20H2,1-2H3/b9-8+,12-11+. The third-order valence-corrected chi connectivity index (χ3v) is 4.06. The van der Waals surface area contributed by atoms with Crippen LogP contribution in [0.1, 0.15) is 96.8 Å². The average molecular weight is 323 g/mol. The Morgan fingerprint density at radius 3 is 1.83 bits per heavy atom. The van der Waals surface area contributed by atoms with Gasteiger partial charge in [0, 0.05) is 6.42 Å². The molecule has 0 aliphatic rings. The molecule has 0 amide bonds. The normalized spacial score (nSPS) is 11.6. The zero-order chi connectivity index (χ0) is 17.0. The van der Waals surface area contributed by atoms with Crippen LogP contribution < -0.4 is 0 Å². The van der Waals surface area contributed by atoms with E-state index in [-0.39, 0.29) is 5.97 Å². The topological polar surface area (TPSA) is 26.3 Å². The van der Waals surface area contributed by atoms with Gasteiger partial charge in [0.2, 0.25) is 0 Å². The largest absolute Gasteiger partial charge is 0.469 e. The van der Waals surface area contributed by atoms with E-state index in [2.05, 4.69) is 36.0 Å². The van der Waals surface area contributed by atoms with Crippen molar-refractivity contribution in [2.75, 3.05) is 7.11 Å². The Balaban J connectivity index is 3.19. The molecule has 23 heavy (non-hydrogen) atoms. The number of hydrogen-bond acceptors (Lipinski definition) is 2. The molecule has 2 heteroatoms. The maximum absolute atomic E-state index is 10.9. The van der Waals surface area contributed by atoms with Gasteiger partial charge in [-0.25, -0.2) is 0 Å². The SMILES string of the molecule is CCCCCC/C=C/C/C=C/CCCCCCCCC(=O)OC. The molecule has 0 unspecified atom stereocenters. The van der Waals surface area contributed by atoms with Crippen LogP contribution in [0.25, 0.3) is 0 Å². The summed E-state index contributed by atoms with van der Waals surface area (Å²) in [6.07, 6.45) is 26.0. The van der Waals surface area contributed by atoms with E-state index in [0.717, 1.165) is 19.3 Å². The second-order valence-corrected chi connectivity index (χ2v) is 6.26.